The number of rotatable bonds is 4. The molecule has 2 N–H and O–H groups in total. The smallest absolute Gasteiger partial charge is 0.138 e. The lowest BCUT2D eigenvalue weighted by atomic mass is 9.96. The van der Waals surface area contributed by atoms with Crippen molar-refractivity contribution in [2.24, 2.45) is 5.73 Å². The Balaban J connectivity index is 3.14. The molecule has 0 bridgehead atoms. The van der Waals surface area contributed by atoms with Gasteiger partial charge in [-0.3, -0.25) is 0 Å². The number of ether oxygens (including phenoxy) is 1. The molecular formula is C11H15Cl2NO. The molecule has 0 saturated heterocycles. The summed E-state index contributed by atoms with van der Waals surface area (Å²) in [6.45, 7) is 2.64. The zero-order chi connectivity index (χ0) is 11.4. The molecule has 2 nitrogen and oxygen atoms in total. The molecule has 1 atom stereocenters. The number of halogens is 2. The van der Waals surface area contributed by atoms with Crippen molar-refractivity contribution >= 4 is 23.2 Å². The topological polar surface area (TPSA) is 35.2 Å². The normalized spacial score (nSPS) is 12.6. The van der Waals surface area contributed by atoms with E-state index in [0.29, 0.717) is 22.3 Å². The standard InChI is InChI=1S/C11H15Cl2NO/c1-3-7(6-14)8-4-10(13)11(15-2)5-9(8)12/h4-5,7H,3,6,14H2,1-2H3. The molecule has 1 unspecified atom stereocenters. The van der Waals surface area contributed by atoms with Gasteiger partial charge >= 0.3 is 0 Å². The van der Waals surface area contributed by atoms with Gasteiger partial charge in [0.25, 0.3) is 0 Å². The quantitative estimate of drug-likeness (QED) is 0.885. The van der Waals surface area contributed by atoms with Crippen LogP contribution in [0.5, 0.6) is 5.75 Å². The predicted octanol–water partition coefficient (Wildman–Crippen LogP) is 3.45. The van der Waals surface area contributed by atoms with Gasteiger partial charge in [0.05, 0.1) is 12.1 Å². The molecule has 4 heteroatoms. The molecule has 0 aliphatic rings. The summed E-state index contributed by atoms with van der Waals surface area (Å²) in [5.41, 5.74) is 6.66. The second-order valence-electron chi connectivity index (χ2n) is 3.35. The van der Waals surface area contributed by atoms with Crippen LogP contribution in [-0.2, 0) is 0 Å². The van der Waals surface area contributed by atoms with E-state index in [-0.39, 0.29) is 5.92 Å². The monoisotopic (exact) mass is 247 g/mol. The van der Waals surface area contributed by atoms with E-state index in [1.165, 1.54) is 0 Å². The Hall–Kier alpha value is -0.440. The van der Waals surface area contributed by atoms with Crippen molar-refractivity contribution in [2.75, 3.05) is 13.7 Å². The van der Waals surface area contributed by atoms with E-state index in [4.69, 9.17) is 33.7 Å². The molecule has 15 heavy (non-hydrogen) atoms. The first kappa shape index (κ1) is 12.6. The summed E-state index contributed by atoms with van der Waals surface area (Å²) in [5, 5.41) is 1.23. The maximum Gasteiger partial charge on any atom is 0.138 e. The molecule has 1 rings (SSSR count). The Kier molecular flexibility index (Phi) is 4.71. The zero-order valence-electron chi connectivity index (χ0n) is 8.89. The SMILES string of the molecule is CCC(CN)c1cc(Cl)c(OC)cc1Cl. The Labute approximate surface area is 100 Å². The summed E-state index contributed by atoms with van der Waals surface area (Å²) in [6, 6.07) is 3.57. The third kappa shape index (κ3) is 2.77. The maximum atomic E-state index is 6.14. The molecule has 0 amide bonds. The summed E-state index contributed by atoms with van der Waals surface area (Å²) < 4.78 is 5.08. The molecule has 84 valence electrons. The highest BCUT2D eigenvalue weighted by molar-refractivity contribution is 6.34. The van der Waals surface area contributed by atoms with Crippen LogP contribution < -0.4 is 10.5 Å². The van der Waals surface area contributed by atoms with Gasteiger partial charge in [0.15, 0.2) is 0 Å². The van der Waals surface area contributed by atoms with E-state index < -0.39 is 0 Å². The summed E-state index contributed by atoms with van der Waals surface area (Å²) >= 11 is 12.2. The van der Waals surface area contributed by atoms with Crippen molar-refractivity contribution in [3.63, 3.8) is 0 Å². The highest BCUT2D eigenvalue weighted by Gasteiger charge is 2.14. The molecule has 1 aromatic rings. The van der Waals surface area contributed by atoms with Crippen molar-refractivity contribution in [3.05, 3.63) is 27.7 Å². The number of hydrogen-bond acceptors (Lipinski definition) is 2. The van der Waals surface area contributed by atoms with E-state index in [1.807, 2.05) is 6.07 Å². The average Bonchev–Trinajstić information content (AvgIpc) is 2.24. The number of methoxy groups -OCH3 is 1. The third-order valence-corrected chi connectivity index (χ3v) is 3.11. The fourth-order valence-electron chi connectivity index (χ4n) is 1.53. The number of hydrogen-bond donors (Lipinski definition) is 1. The van der Waals surface area contributed by atoms with Crippen LogP contribution in [0.2, 0.25) is 10.0 Å². The van der Waals surface area contributed by atoms with Crippen LogP contribution in [0.4, 0.5) is 0 Å². The molecule has 0 spiro atoms. The van der Waals surface area contributed by atoms with E-state index >= 15 is 0 Å². The number of benzene rings is 1. The first-order valence-corrected chi connectivity index (χ1v) is 5.62. The van der Waals surface area contributed by atoms with Gasteiger partial charge < -0.3 is 10.5 Å². The summed E-state index contributed by atoms with van der Waals surface area (Å²) in [6.07, 6.45) is 0.943. The van der Waals surface area contributed by atoms with Gasteiger partial charge in [-0.15, -0.1) is 0 Å². The minimum absolute atomic E-state index is 0.251. The van der Waals surface area contributed by atoms with E-state index in [9.17, 15) is 0 Å². The van der Waals surface area contributed by atoms with Gasteiger partial charge in [-0.05, 0) is 30.5 Å². The van der Waals surface area contributed by atoms with Gasteiger partial charge in [-0.1, -0.05) is 30.1 Å². The summed E-state index contributed by atoms with van der Waals surface area (Å²) in [5.74, 6) is 0.846. The van der Waals surface area contributed by atoms with Crippen LogP contribution in [0.3, 0.4) is 0 Å². The van der Waals surface area contributed by atoms with Crippen LogP contribution in [0.15, 0.2) is 12.1 Å². The second kappa shape index (κ2) is 5.59. The Morgan fingerprint density at radius 3 is 2.47 bits per heavy atom. The van der Waals surface area contributed by atoms with Crippen molar-refractivity contribution < 1.29 is 4.74 Å². The van der Waals surface area contributed by atoms with Crippen molar-refractivity contribution in [1.29, 1.82) is 0 Å². The Morgan fingerprint density at radius 1 is 1.33 bits per heavy atom. The van der Waals surface area contributed by atoms with Crippen LogP contribution in [0, 0.1) is 0 Å². The lowest BCUT2D eigenvalue weighted by molar-refractivity contribution is 0.414. The molecule has 0 aliphatic heterocycles. The first-order chi connectivity index (χ1) is 7.13. The van der Waals surface area contributed by atoms with Gasteiger partial charge in [0, 0.05) is 11.1 Å². The maximum absolute atomic E-state index is 6.14. The highest BCUT2D eigenvalue weighted by Crippen LogP contribution is 2.35. The van der Waals surface area contributed by atoms with E-state index in [1.54, 1.807) is 13.2 Å². The van der Waals surface area contributed by atoms with E-state index in [0.717, 1.165) is 12.0 Å². The largest absolute Gasteiger partial charge is 0.495 e. The fourth-order valence-corrected chi connectivity index (χ4v) is 2.08. The molecule has 0 aliphatic carbocycles. The fraction of sp³-hybridized carbons (Fsp3) is 0.455. The molecule has 0 fully saturated rings. The molecule has 0 radical (unpaired) electrons. The third-order valence-electron chi connectivity index (χ3n) is 2.49. The van der Waals surface area contributed by atoms with Crippen LogP contribution in [-0.4, -0.2) is 13.7 Å². The van der Waals surface area contributed by atoms with Crippen LogP contribution in [0.1, 0.15) is 24.8 Å². The molecule has 0 heterocycles. The first-order valence-electron chi connectivity index (χ1n) is 4.87. The Morgan fingerprint density at radius 2 is 2.00 bits per heavy atom. The predicted molar refractivity (Wildman–Crippen MR) is 65.1 cm³/mol. The molecular weight excluding hydrogens is 233 g/mol. The number of nitrogens with two attached hydrogens (primary N) is 1. The van der Waals surface area contributed by atoms with Gasteiger partial charge in [-0.25, -0.2) is 0 Å². The Bertz CT molecular complexity index is 338. The molecule has 0 saturated carbocycles. The van der Waals surface area contributed by atoms with Crippen molar-refractivity contribution in [3.8, 4) is 5.75 Å². The summed E-state index contributed by atoms with van der Waals surface area (Å²) in [7, 11) is 1.57. The lowest BCUT2D eigenvalue weighted by Gasteiger charge is -2.16. The molecule has 0 aromatic heterocycles. The second-order valence-corrected chi connectivity index (χ2v) is 4.16. The summed E-state index contributed by atoms with van der Waals surface area (Å²) in [4.78, 5) is 0. The van der Waals surface area contributed by atoms with Crippen LogP contribution >= 0.6 is 23.2 Å². The van der Waals surface area contributed by atoms with Gasteiger partial charge in [-0.2, -0.15) is 0 Å². The van der Waals surface area contributed by atoms with E-state index in [2.05, 4.69) is 6.92 Å². The zero-order valence-corrected chi connectivity index (χ0v) is 10.4. The average molecular weight is 248 g/mol. The highest BCUT2D eigenvalue weighted by atomic mass is 35.5. The van der Waals surface area contributed by atoms with Crippen molar-refractivity contribution in [1.82, 2.24) is 0 Å². The van der Waals surface area contributed by atoms with Gasteiger partial charge in [0.1, 0.15) is 5.75 Å². The van der Waals surface area contributed by atoms with Gasteiger partial charge in [0.2, 0.25) is 0 Å². The van der Waals surface area contributed by atoms with Crippen molar-refractivity contribution in [2.45, 2.75) is 19.3 Å². The lowest BCUT2D eigenvalue weighted by Crippen LogP contribution is -2.12. The minimum atomic E-state index is 0.251. The van der Waals surface area contributed by atoms with Crippen LogP contribution in [0.25, 0.3) is 0 Å². The molecule has 1 aromatic carbocycles. The minimum Gasteiger partial charge on any atom is -0.495 e.